The van der Waals surface area contributed by atoms with Crippen molar-refractivity contribution in [2.45, 2.75) is 19.3 Å². The van der Waals surface area contributed by atoms with Crippen LogP contribution >= 0.6 is 0 Å². The van der Waals surface area contributed by atoms with Gasteiger partial charge in [0.05, 0.1) is 26.7 Å². The summed E-state index contributed by atoms with van der Waals surface area (Å²) in [7, 11) is 2.72. The molecule has 1 unspecified atom stereocenters. The molecule has 0 spiro atoms. The number of hydrogen-bond donors (Lipinski definition) is 0. The molecule has 0 heterocycles. The SMILES string of the molecule is CCOC(=O)COc1cc(OC)ccc1C(CC=O)C(=O)OC. The lowest BCUT2D eigenvalue weighted by molar-refractivity contribution is -0.145. The number of rotatable bonds is 9. The predicted molar refractivity (Wildman–Crippen MR) is 80.6 cm³/mol. The van der Waals surface area contributed by atoms with Gasteiger partial charge in [-0.1, -0.05) is 6.07 Å². The highest BCUT2D eigenvalue weighted by molar-refractivity contribution is 5.82. The normalized spacial score (nSPS) is 11.3. The van der Waals surface area contributed by atoms with Crippen molar-refractivity contribution in [3.05, 3.63) is 23.8 Å². The minimum Gasteiger partial charge on any atom is -0.497 e. The monoisotopic (exact) mass is 324 g/mol. The van der Waals surface area contributed by atoms with Crippen molar-refractivity contribution in [3.8, 4) is 11.5 Å². The molecular weight excluding hydrogens is 304 g/mol. The number of ether oxygens (including phenoxy) is 4. The van der Waals surface area contributed by atoms with E-state index in [1.165, 1.54) is 20.3 Å². The van der Waals surface area contributed by atoms with Crippen LogP contribution in [-0.4, -0.2) is 45.7 Å². The van der Waals surface area contributed by atoms with Crippen LogP contribution in [0.25, 0.3) is 0 Å². The molecule has 7 nitrogen and oxygen atoms in total. The summed E-state index contributed by atoms with van der Waals surface area (Å²) in [6, 6.07) is 4.77. The van der Waals surface area contributed by atoms with Gasteiger partial charge in [-0.05, 0) is 13.0 Å². The summed E-state index contributed by atoms with van der Waals surface area (Å²) in [5.74, 6) is -1.17. The fourth-order valence-corrected chi connectivity index (χ4v) is 1.98. The number of benzene rings is 1. The predicted octanol–water partition coefficient (Wildman–Crippen LogP) is 1.48. The van der Waals surface area contributed by atoms with Gasteiger partial charge in [-0.15, -0.1) is 0 Å². The highest BCUT2D eigenvalue weighted by atomic mass is 16.6. The molecule has 1 aromatic carbocycles. The van der Waals surface area contributed by atoms with E-state index < -0.39 is 17.9 Å². The molecule has 0 N–H and O–H groups in total. The van der Waals surface area contributed by atoms with E-state index in [1.807, 2.05) is 0 Å². The largest absolute Gasteiger partial charge is 0.497 e. The molecule has 0 saturated carbocycles. The number of aldehydes is 1. The molecule has 0 aliphatic rings. The van der Waals surface area contributed by atoms with E-state index >= 15 is 0 Å². The summed E-state index contributed by atoms with van der Waals surface area (Å²) >= 11 is 0. The maximum Gasteiger partial charge on any atom is 0.344 e. The second-order valence-electron chi connectivity index (χ2n) is 4.48. The van der Waals surface area contributed by atoms with Gasteiger partial charge in [0.25, 0.3) is 0 Å². The molecule has 23 heavy (non-hydrogen) atoms. The Labute approximate surface area is 134 Å². The van der Waals surface area contributed by atoms with Crippen LogP contribution in [-0.2, 0) is 23.9 Å². The minimum atomic E-state index is -0.819. The van der Waals surface area contributed by atoms with Crippen molar-refractivity contribution in [2.24, 2.45) is 0 Å². The van der Waals surface area contributed by atoms with Gasteiger partial charge >= 0.3 is 11.9 Å². The Morgan fingerprint density at radius 3 is 2.57 bits per heavy atom. The average Bonchev–Trinajstić information content (AvgIpc) is 2.57. The van der Waals surface area contributed by atoms with Crippen molar-refractivity contribution >= 4 is 18.2 Å². The first kappa shape index (κ1) is 18.5. The maximum absolute atomic E-state index is 11.9. The Bertz CT molecular complexity index is 553. The second kappa shape index (κ2) is 9.45. The number of esters is 2. The topological polar surface area (TPSA) is 88.1 Å². The zero-order valence-corrected chi connectivity index (χ0v) is 13.4. The maximum atomic E-state index is 11.9. The van der Waals surface area contributed by atoms with Gasteiger partial charge in [-0.25, -0.2) is 4.79 Å². The lowest BCUT2D eigenvalue weighted by atomic mass is 9.95. The van der Waals surface area contributed by atoms with E-state index in [1.54, 1.807) is 19.1 Å². The molecule has 0 amide bonds. The van der Waals surface area contributed by atoms with Crippen LogP contribution < -0.4 is 9.47 Å². The molecule has 0 aliphatic carbocycles. The molecular formula is C16H20O7. The van der Waals surface area contributed by atoms with Crippen molar-refractivity contribution in [1.29, 1.82) is 0 Å². The fraction of sp³-hybridized carbons (Fsp3) is 0.438. The van der Waals surface area contributed by atoms with Gasteiger partial charge in [0.2, 0.25) is 0 Å². The van der Waals surface area contributed by atoms with Gasteiger partial charge in [0.1, 0.15) is 17.8 Å². The summed E-state index contributed by atoms with van der Waals surface area (Å²) < 4.78 is 20.1. The molecule has 0 bridgehead atoms. The first-order valence-electron chi connectivity index (χ1n) is 7.05. The molecule has 7 heteroatoms. The van der Waals surface area contributed by atoms with E-state index in [9.17, 15) is 14.4 Å². The van der Waals surface area contributed by atoms with Crippen LogP contribution in [0.2, 0.25) is 0 Å². The molecule has 1 rings (SSSR count). The Morgan fingerprint density at radius 2 is 2.00 bits per heavy atom. The summed E-state index contributed by atoms with van der Waals surface area (Å²) in [5.41, 5.74) is 0.439. The molecule has 0 aromatic heterocycles. The highest BCUT2D eigenvalue weighted by Gasteiger charge is 2.25. The average molecular weight is 324 g/mol. The fourth-order valence-electron chi connectivity index (χ4n) is 1.98. The van der Waals surface area contributed by atoms with Crippen LogP contribution in [0.5, 0.6) is 11.5 Å². The van der Waals surface area contributed by atoms with Crippen LogP contribution in [0.3, 0.4) is 0 Å². The van der Waals surface area contributed by atoms with Crippen LogP contribution in [0, 0.1) is 0 Å². The molecule has 0 aliphatic heterocycles. The summed E-state index contributed by atoms with van der Waals surface area (Å²) in [6.07, 6.45) is 0.565. The lowest BCUT2D eigenvalue weighted by Crippen LogP contribution is -2.19. The van der Waals surface area contributed by atoms with Crippen LogP contribution in [0.4, 0.5) is 0 Å². The van der Waals surface area contributed by atoms with Gasteiger partial charge in [0, 0.05) is 18.1 Å². The Kier molecular flexibility index (Phi) is 7.59. The number of hydrogen-bond acceptors (Lipinski definition) is 7. The smallest absolute Gasteiger partial charge is 0.344 e. The van der Waals surface area contributed by atoms with Crippen molar-refractivity contribution in [1.82, 2.24) is 0 Å². The molecule has 0 fully saturated rings. The molecule has 0 saturated heterocycles. The van der Waals surface area contributed by atoms with Crippen LogP contribution in [0.1, 0.15) is 24.8 Å². The van der Waals surface area contributed by atoms with Gasteiger partial charge in [0.15, 0.2) is 6.61 Å². The van der Waals surface area contributed by atoms with Crippen molar-refractivity contribution in [3.63, 3.8) is 0 Å². The van der Waals surface area contributed by atoms with E-state index in [2.05, 4.69) is 0 Å². The highest BCUT2D eigenvalue weighted by Crippen LogP contribution is 2.33. The third-order valence-corrected chi connectivity index (χ3v) is 3.06. The zero-order chi connectivity index (χ0) is 17.2. The molecule has 0 radical (unpaired) electrons. The summed E-state index contributed by atoms with van der Waals surface area (Å²) in [5, 5.41) is 0. The van der Waals surface area contributed by atoms with E-state index in [0.29, 0.717) is 17.6 Å². The molecule has 1 aromatic rings. The zero-order valence-electron chi connectivity index (χ0n) is 13.4. The summed E-state index contributed by atoms with van der Waals surface area (Å²) in [6.45, 7) is 1.61. The Morgan fingerprint density at radius 1 is 1.26 bits per heavy atom. The standard InChI is InChI=1S/C16H20O7/c1-4-22-15(18)10-23-14-9-11(20-2)5-6-12(14)13(7-8-17)16(19)21-3/h5-6,8-9,13H,4,7,10H2,1-3H3. The Hall–Kier alpha value is -2.57. The molecule has 1 atom stereocenters. The third kappa shape index (κ3) is 5.28. The Balaban J connectivity index is 3.10. The third-order valence-electron chi connectivity index (χ3n) is 3.06. The first-order chi connectivity index (χ1) is 11.1. The minimum absolute atomic E-state index is 0.0607. The summed E-state index contributed by atoms with van der Waals surface area (Å²) in [4.78, 5) is 34.2. The van der Waals surface area contributed by atoms with Gasteiger partial charge < -0.3 is 23.7 Å². The quantitative estimate of drug-likeness (QED) is 0.502. The van der Waals surface area contributed by atoms with Crippen molar-refractivity contribution in [2.75, 3.05) is 27.4 Å². The van der Waals surface area contributed by atoms with E-state index in [-0.39, 0.29) is 25.4 Å². The lowest BCUT2D eigenvalue weighted by Gasteiger charge is -2.17. The second-order valence-corrected chi connectivity index (χ2v) is 4.48. The van der Waals surface area contributed by atoms with Gasteiger partial charge in [-0.3, -0.25) is 4.79 Å². The van der Waals surface area contributed by atoms with Crippen LogP contribution in [0.15, 0.2) is 18.2 Å². The first-order valence-corrected chi connectivity index (χ1v) is 7.05. The van der Waals surface area contributed by atoms with E-state index in [4.69, 9.17) is 18.9 Å². The number of carbonyl (C=O) groups excluding carboxylic acids is 3. The number of carbonyl (C=O) groups is 3. The molecule has 126 valence electrons. The van der Waals surface area contributed by atoms with Crippen molar-refractivity contribution < 1.29 is 33.3 Å². The number of methoxy groups -OCH3 is 2. The van der Waals surface area contributed by atoms with Gasteiger partial charge in [-0.2, -0.15) is 0 Å². The van der Waals surface area contributed by atoms with E-state index in [0.717, 1.165) is 0 Å².